The van der Waals surface area contributed by atoms with Gasteiger partial charge < -0.3 is 0 Å². The van der Waals surface area contributed by atoms with Crippen LogP contribution in [0.5, 0.6) is 0 Å². The van der Waals surface area contributed by atoms with Crippen LogP contribution in [0, 0.1) is 0 Å². The average Bonchev–Trinajstić information content (AvgIpc) is 2.01. The molecule has 1 aromatic carbocycles. The lowest BCUT2D eigenvalue weighted by molar-refractivity contribution is 1.41. The molecule has 0 unspecified atom stereocenters. The molecule has 0 N–H and O–H groups in total. The maximum absolute atomic E-state index is 5.87. The summed E-state index contributed by atoms with van der Waals surface area (Å²) in [5, 5.41) is 2.03. The third-order valence-electron chi connectivity index (χ3n) is 1.39. The van der Waals surface area contributed by atoms with Crippen molar-refractivity contribution in [2.45, 2.75) is 5.88 Å². The van der Waals surface area contributed by atoms with Gasteiger partial charge in [0.2, 0.25) is 0 Å². The number of benzene rings is 1. The van der Waals surface area contributed by atoms with Gasteiger partial charge in [-0.05, 0) is 11.3 Å². The molecule has 0 aliphatic heterocycles. The van der Waals surface area contributed by atoms with Gasteiger partial charge in [-0.2, -0.15) is 0 Å². The van der Waals surface area contributed by atoms with Crippen molar-refractivity contribution < 1.29 is 0 Å². The van der Waals surface area contributed by atoms with Gasteiger partial charge in [0.05, 0.1) is 26.2 Å². The van der Waals surface area contributed by atoms with Crippen molar-refractivity contribution in [1.29, 1.82) is 0 Å². The third kappa shape index (κ3) is 1.91. The van der Waals surface area contributed by atoms with E-state index in [4.69, 9.17) is 46.4 Å². The Balaban J connectivity index is 3.40. The molecule has 0 aliphatic rings. The van der Waals surface area contributed by atoms with Crippen molar-refractivity contribution in [3.63, 3.8) is 0 Å². The molecule has 0 saturated heterocycles. The number of hydrogen-bond acceptors (Lipinski definition) is 0. The van der Waals surface area contributed by atoms with Gasteiger partial charge in [0.25, 0.3) is 0 Å². The van der Waals surface area contributed by atoms with E-state index in [2.05, 4.69) is 10.2 Å². The van der Waals surface area contributed by atoms with Crippen molar-refractivity contribution in [1.82, 2.24) is 0 Å². The van der Waals surface area contributed by atoms with E-state index in [1.165, 1.54) is 0 Å². The summed E-state index contributed by atoms with van der Waals surface area (Å²) in [5.41, 5.74) is 0.659. The highest BCUT2D eigenvalue weighted by Crippen LogP contribution is 2.30. The zero-order valence-corrected chi connectivity index (χ0v) is 9.82. The SMILES string of the molecule is [Si]c1cc(Cl)c(CCl)c(Cl)c1Cl. The molecule has 0 atom stereocenters. The van der Waals surface area contributed by atoms with Crippen LogP contribution in [0.2, 0.25) is 15.1 Å². The maximum Gasteiger partial charge on any atom is 0.0734 e. The lowest BCUT2D eigenvalue weighted by Gasteiger charge is -2.07. The van der Waals surface area contributed by atoms with Gasteiger partial charge in [0.15, 0.2) is 0 Å². The van der Waals surface area contributed by atoms with E-state index < -0.39 is 0 Å². The van der Waals surface area contributed by atoms with Crippen LogP contribution < -0.4 is 5.19 Å². The second-order valence-corrected chi connectivity index (χ2v) is 4.12. The van der Waals surface area contributed by atoms with Crippen LogP contribution in [-0.2, 0) is 5.88 Å². The molecule has 0 spiro atoms. The van der Waals surface area contributed by atoms with Crippen LogP contribution >= 0.6 is 46.4 Å². The van der Waals surface area contributed by atoms with Crippen LogP contribution in [-0.4, -0.2) is 10.2 Å². The molecule has 0 amide bonds. The lowest BCUT2D eigenvalue weighted by atomic mass is 10.2. The molecule has 0 aliphatic carbocycles. The zero-order valence-electron chi connectivity index (χ0n) is 5.80. The molecular formula is C7H3Cl4Si. The second-order valence-electron chi connectivity index (χ2n) is 2.15. The van der Waals surface area contributed by atoms with E-state index in [-0.39, 0.29) is 5.88 Å². The van der Waals surface area contributed by atoms with E-state index in [9.17, 15) is 0 Å². The molecule has 0 heterocycles. The Kier molecular flexibility index (Phi) is 3.74. The fraction of sp³-hybridized carbons (Fsp3) is 0.143. The van der Waals surface area contributed by atoms with Crippen LogP contribution in [0.15, 0.2) is 6.07 Å². The van der Waals surface area contributed by atoms with Crippen molar-refractivity contribution in [3.8, 4) is 0 Å². The minimum Gasteiger partial charge on any atom is -0.121 e. The van der Waals surface area contributed by atoms with E-state index in [0.29, 0.717) is 25.8 Å². The number of rotatable bonds is 1. The molecule has 3 radical (unpaired) electrons. The Morgan fingerprint density at radius 1 is 1.17 bits per heavy atom. The second kappa shape index (κ2) is 4.21. The Labute approximate surface area is 94.2 Å². The van der Waals surface area contributed by atoms with E-state index in [0.717, 1.165) is 0 Å². The van der Waals surface area contributed by atoms with Crippen molar-refractivity contribution >= 4 is 61.8 Å². The molecule has 1 rings (SSSR count). The molecule has 63 valence electrons. The number of halogens is 4. The normalized spacial score (nSPS) is 10.4. The molecule has 0 saturated carbocycles. The summed E-state index contributed by atoms with van der Waals surface area (Å²) in [5.74, 6) is 0.254. The summed E-state index contributed by atoms with van der Waals surface area (Å²) < 4.78 is 0. The molecule has 5 heteroatoms. The van der Waals surface area contributed by atoms with E-state index in [1.54, 1.807) is 6.07 Å². The Morgan fingerprint density at radius 3 is 2.25 bits per heavy atom. The fourth-order valence-electron chi connectivity index (χ4n) is 0.755. The topological polar surface area (TPSA) is 0 Å². The fourth-order valence-corrected chi connectivity index (χ4v) is 2.37. The molecule has 1 aromatic rings. The minimum atomic E-state index is 0.254. The predicted octanol–water partition coefficient (Wildman–Crippen LogP) is 3.18. The van der Waals surface area contributed by atoms with Gasteiger partial charge in [-0.3, -0.25) is 0 Å². The lowest BCUT2D eigenvalue weighted by Crippen LogP contribution is -2.06. The molecule has 0 bridgehead atoms. The van der Waals surface area contributed by atoms with Crippen LogP contribution in [0.1, 0.15) is 5.56 Å². The highest BCUT2D eigenvalue weighted by molar-refractivity contribution is 6.52. The largest absolute Gasteiger partial charge is 0.121 e. The molecule has 0 aromatic heterocycles. The van der Waals surface area contributed by atoms with Gasteiger partial charge in [-0.15, -0.1) is 11.6 Å². The van der Waals surface area contributed by atoms with Crippen molar-refractivity contribution in [2.24, 2.45) is 0 Å². The molecule has 0 fully saturated rings. The van der Waals surface area contributed by atoms with Crippen molar-refractivity contribution in [2.75, 3.05) is 0 Å². The van der Waals surface area contributed by atoms with Gasteiger partial charge in [-0.1, -0.05) is 34.8 Å². The van der Waals surface area contributed by atoms with Crippen LogP contribution in [0.25, 0.3) is 0 Å². The Morgan fingerprint density at radius 2 is 1.75 bits per heavy atom. The maximum atomic E-state index is 5.87. The number of hydrogen-bond donors (Lipinski definition) is 0. The molecule has 12 heavy (non-hydrogen) atoms. The summed E-state index contributed by atoms with van der Waals surface area (Å²) >= 11 is 23.2. The monoisotopic (exact) mass is 255 g/mol. The third-order valence-corrected chi connectivity index (χ3v) is 3.45. The zero-order chi connectivity index (χ0) is 9.30. The first kappa shape index (κ1) is 10.7. The Bertz CT molecular complexity index is 311. The summed E-state index contributed by atoms with van der Waals surface area (Å²) in [4.78, 5) is 0. The van der Waals surface area contributed by atoms with Gasteiger partial charge in [-0.25, -0.2) is 0 Å². The summed E-state index contributed by atoms with van der Waals surface area (Å²) in [6.45, 7) is 0. The van der Waals surface area contributed by atoms with Crippen LogP contribution in [0.3, 0.4) is 0 Å². The van der Waals surface area contributed by atoms with Crippen LogP contribution in [0.4, 0.5) is 0 Å². The highest BCUT2D eigenvalue weighted by atomic mass is 35.5. The molecule has 0 nitrogen and oxygen atoms in total. The minimum absolute atomic E-state index is 0.254. The Hall–Kier alpha value is 0.597. The van der Waals surface area contributed by atoms with Crippen molar-refractivity contribution in [3.05, 3.63) is 26.7 Å². The summed E-state index contributed by atoms with van der Waals surface area (Å²) in [7, 11) is 3.27. The van der Waals surface area contributed by atoms with Gasteiger partial charge in [0, 0.05) is 10.6 Å². The first-order valence-electron chi connectivity index (χ1n) is 3.02. The van der Waals surface area contributed by atoms with E-state index in [1.807, 2.05) is 0 Å². The predicted molar refractivity (Wildman–Crippen MR) is 56.4 cm³/mol. The number of alkyl halides is 1. The molecular weight excluding hydrogens is 254 g/mol. The summed E-state index contributed by atoms with van der Waals surface area (Å²) in [6, 6.07) is 1.67. The smallest absolute Gasteiger partial charge is 0.0734 e. The first-order valence-corrected chi connectivity index (χ1v) is 5.18. The standard InChI is InChI=1S/C7H3Cl4Si/c8-2-3-4(9)1-5(12)7(11)6(3)10/h1H,2H2. The van der Waals surface area contributed by atoms with E-state index >= 15 is 0 Å². The first-order chi connectivity index (χ1) is 5.57. The quantitative estimate of drug-likeness (QED) is 0.411. The average molecular weight is 257 g/mol. The van der Waals surface area contributed by atoms with Gasteiger partial charge in [0.1, 0.15) is 0 Å². The van der Waals surface area contributed by atoms with Gasteiger partial charge >= 0.3 is 0 Å². The highest BCUT2D eigenvalue weighted by Gasteiger charge is 2.10. The summed E-state index contributed by atoms with van der Waals surface area (Å²) in [6.07, 6.45) is 0.